The van der Waals surface area contributed by atoms with E-state index in [1.54, 1.807) is 12.1 Å². The van der Waals surface area contributed by atoms with Gasteiger partial charge in [-0.15, -0.1) is 0 Å². The standard InChI is InChI=1S/C21H15BN3O2/c26-22-27-18-13-7-12-17(14-18)21-24-19(15-8-3-1-4-9-15)23-20(25-21)16-10-5-2-6-11-16/h1-14,26H. The van der Waals surface area contributed by atoms with Crippen LogP contribution in [0.4, 0.5) is 0 Å². The van der Waals surface area contributed by atoms with Gasteiger partial charge in [0.25, 0.3) is 0 Å². The maximum Gasteiger partial charge on any atom is 0.569 e. The third-order valence-corrected chi connectivity index (χ3v) is 3.98. The Kier molecular flexibility index (Phi) is 4.89. The largest absolute Gasteiger partial charge is 0.569 e. The highest BCUT2D eigenvalue weighted by Gasteiger charge is 2.12. The number of rotatable bonds is 5. The molecular formula is C21H15BN3O2. The number of benzene rings is 3. The Morgan fingerprint density at radius 2 is 1.07 bits per heavy atom. The average molecular weight is 352 g/mol. The summed E-state index contributed by atoms with van der Waals surface area (Å²) in [7, 11) is 0.650. The zero-order chi connectivity index (χ0) is 18.5. The van der Waals surface area contributed by atoms with E-state index in [9.17, 15) is 0 Å². The lowest BCUT2D eigenvalue weighted by Gasteiger charge is -2.09. The van der Waals surface area contributed by atoms with E-state index >= 15 is 0 Å². The summed E-state index contributed by atoms with van der Waals surface area (Å²) in [5.74, 6) is 2.23. The van der Waals surface area contributed by atoms with Crippen LogP contribution in [0.15, 0.2) is 84.9 Å². The molecular weight excluding hydrogens is 337 g/mol. The second-order valence-electron chi connectivity index (χ2n) is 5.79. The van der Waals surface area contributed by atoms with Crippen LogP contribution in [0.3, 0.4) is 0 Å². The van der Waals surface area contributed by atoms with Crippen LogP contribution in [0.1, 0.15) is 0 Å². The quantitative estimate of drug-likeness (QED) is 0.554. The molecule has 6 heteroatoms. The minimum atomic E-state index is 0.498. The summed E-state index contributed by atoms with van der Waals surface area (Å²) in [5.41, 5.74) is 2.59. The Hall–Kier alpha value is -3.51. The van der Waals surface area contributed by atoms with Crippen molar-refractivity contribution in [3.63, 3.8) is 0 Å². The number of hydrogen-bond acceptors (Lipinski definition) is 5. The van der Waals surface area contributed by atoms with Gasteiger partial charge in [-0.3, -0.25) is 0 Å². The van der Waals surface area contributed by atoms with E-state index in [4.69, 9.17) is 9.68 Å². The van der Waals surface area contributed by atoms with Crippen molar-refractivity contribution in [3.05, 3.63) is 84.9 Å². The molecule has 0 atom stereocenters. The summed E-state index contributed by atoms with van der Waals surface area (Å²) in [6, 6.07) is 26.8. The second-order valence-corrected chi connectivity index (χ2v) is 5.79. The molecule has 0 unspecified atom stereocenters. The van der Waals surface area contributed by atoms with E-state index in [2.05, 4.69) is 15.0 Å². The first-order valence-corrected chi connectivity index (χ1v) is 8.43. The Bertz CT molecular complexity index is 986. The van der Waals surface area contributed by atoms with Crippen LogP contribution >= 0.6 is 0 Å². The molecule has 1 radical (unpaired) electrons. The fourth-order valence-corrected chi connectivity index (χ4v) is 2.71. The lowest BCUT2D eigenvalue weighted by Crippen LogP contribution is -2.02. The molecule has 0 spiro atoms. The van der Waals surface area contributed by atoms with Crippen molar-refractivity contribution in [1.82, 2.24) is 15.0 Å². The van der Waals surface area contributed by atoms with Crippen LogP contribution in [-0.4, -0.2) is 27.7 Å². The van der Waals surface area contributed by atoms with E-state index < -0.39 is 0 Å². The van der Waals surface area contributed by atoms with Gasteiger partial charge in [-0.05, 0) is 12.1 Å². The van der Waals surface area contributed by atoms with Gasteiger partial charge >= 0.3 is 7.69 Å². The first-order chi connectivity index (χ1) is 13.3. The van der Waals surface area contributed by atoms with Crippen LogP contribution in [0.2, 0.25) is 0 Å². The summed E-state index contributed by atoms with van der Waals surface area (Å²) in [6.45, 7) is 0. The molecule has 1 heterocycles. The molecule has 1 N–H and O–H groups in total. The van der Waals surface area contributed by atoms with Crippen molar-refractivity contribution in [1.29, 1.82) is 0 Å². The highest BCUT2D eigenvalue weighted by molar-refractivity contribution is 6.17. The third-order valence-electron chi connectivity index (χ3n) is 3.98. The lowest BCUT2D eigenvalue weighted by molar-refractivity contribution is 0.454. The highest BCUT2D eigenvalue weighted by atomic mass is 16.5. The molecule has 129 valence electrons. The number of hydrogen-bond donors (Lipinski definition) is 1. The minimum Gasteiger partial charge on any atom is -0.537 e. The average Bonchev–Trinajstić information content (AvgIpc) is 2.75. The molecule has 0 bridgehead atoms. The normalized spacial score (nSPS) is 10.4. The van der Waals surface area contributed by atoms with Crippen LogP contribution < -0.4 is 4.65 Å². The molecule has 4 aromatic rings. The maximum atomic E-state index is 8.88. The van der Waals surface area contributed by atoms with Crippen LogP contribution in [0, 0.1) is 0 Å². The van der Waals surface area contributed by atoms with Gasteiger partial charge in [0.15, 0.2) is 17.5 Å². The topological polar surface area (TPSA) is 68.1 Å². The number of aromatic nitrogens is 3. The van der Waals surface area contributed by atoms with Crippen molar-refractivity contribution in [2.45, 2.75) is 0 Å². The van der Waals surface area contributed by atoms with E-state index in [1.165, 1.54) is 0 Å². The SMILES string of the molecule is O[B]Oc1cccc(-c2nc(-c3ccccc3)nc(-c3ccccc3)n2)c1. The Balaban J connectivity index is 1.87. The van der Waals surface area contributed by atoms with Crippen molar-refractivity contribution >= 4 is 7.69 Å². The second kappa shape index (κ2) is 7.80. The van der Waals surface area contributed by atoms with Gasteiger partial charge in [0.05, 0.1) is 0 Å². The molecule has 0 amide bonds. The molecule has 0 saturated heterocycles. The van der Waals surface area contributed by atoms with Gasteiger partial charge in [0.1, 0.15) is 5.75 Å². The van der Waals surface area contributed by atoms with E-state index in [1.807, 2.05) is 72.8 Å². The predicted molar refractivity (Wildman–Crippen MR) is 105 cm³/mol. The first kappa shape index (κ1) is 16.9. The highest BCUT2D eigenvalue weighted by Crippen LogP contribution is 2.26. The summed E-state index contributed by atoms with van der Waals surface area (Å²) < 4.78 is 5.06. The molecule has 4 rings (SSSR count). The van der Waals surface area contributed by atoms with Gasteiger partial charge in [-0.1, -0.05) is 72.8 Å². The van der Waals surface area contributed by atoms with E-state index in [0.717, 1.165) is 16.7 Å². The molecule has 27 heavy (non-hydrogen) atoms. The van der Waals surface area contributed by atoms with Gasteiger partial charge in [-0.2, -0.15) is 0 Å². The summed E-state index contributed by atoms with van der Waals surface area (Å²) >= 11 is 0. The fourth-order valence-electron chi connectivity index (χ4n) is 2.71. The van der Waals surface area contributed by atoms with Crippen LogP contribution in [0.5, 0.6) is 5.75 Å². The van der Waals surface area contributed by atoms with Gasteiger partial charge in [0, 0.05) is 16.7 Å². The third kappa shape index (κ3) is 3.86. The Morgan fingerprint density at radius 1 is 0.593 bits per heavy atom. The molecule has 0 fully saturated rings. The van der Waals surface area contributed by atoms with Crippen molar-refractivity contribution < 1.29 is 9.68 Å². The molecule has 0 aliphatic rings. The Labute approximate surface area is 157 Å². The molecule has 1 aromatic heterocycles. The van der Waals surface area contributed by atoms with Crippen molar-refractivity contribution in [3.8, 4) is 39.9 Å². The zero-order valence-electron chi connectivity index (χ0n) is 14.4. The van der Waals surface area contributed by atoms with Gasteiger partial charge in [0.2, 0.25) is 0 Å². The molecule has 0 saturated carbocycles. The maximum absolute atomic E-state index is 8.88. The van der Waals surface area contributed by atoms with Gasteiger partial charge < -0.3 is 9.68 Å². The molecule has 0 aliphatic carbocycles. The van der Waals surface area contributed by atoms with Crippen LogP contribution in [0.25, 0.3) is 34.2 Å². The smallest absolute Gasteiger partial charge is 0.537 e. The first-order valence-electron chi connectivity index (χ1n) is 8.43. The summed E-state index contributed by atoms with van der Waals surface area (Å²) in [5, 5.41) is 8.88. The van der Waals surface area contributed by atoms with Crippen molar-refractivity contribution in [2.75, 3.05) is 0 Å². The van der Waals surface area contributed by atoms with Crippen LogP contribution in [-0.2, 0) is 0 Å². The Morgan fingerprint density at radius 3 is 1.59 bits per heavy atom. The van der Waals surface area contributed by atoms with Crippen molar-refractivity contribution in [2.24, 2.45) is 0 Å². The molecule has 5 nitrogen and oxygen atoms in total. The predicted octanol–water partition coefficient (Wildman–Crippen LogP) is 3.78. The lowest BCUT2D eigenvalue weighted by atomic mass is 10.1. The monoisotopic (exact) mass is 352 g/mol. The summed E-state index contributed by atoms with van der Waals surface area (Å²) in [4.78, 5) is 14.0. The van der Waals surface area contributed by atoms with E-state index in [0.29, 0.717) is 30.9 Å². The fraction of sp³-hybridized carbons (Fsp3) is 0. The zero-order valence-corrected chi connectivity index (χ0v) is 14.4. The molecule has 3 aromatic carbocycles. The van der Waals surface area contributed by atoms with E-state index in [-0.39, 0.29) is 0 Å². The number of nitrogens with zero attached hydrogens (tertiary/aromatic N) is 3. The molecule has 0 aliphatic heterocycles. The minimum absolute atomic E-state index is 0.498. The summed E-state index contributed by atoms with van der Waals surface area (Å²) in [6.07, 6.45) is 0. The van der Waals surface area contributed by atoms with Gasteiger partial charge in [-0.25, -0.2) is 15.0 Å².